The van der Waals surface area contributed by atoms with Gasteiger partial charge in [0.05, 0.1) is 7.11 Å². The predicted octanol–water partition coefficient (Wildman–Crippen LogP) is 0.992. The largest absolute Gasteiger partial charge is 0.480 e. The molecule has 2 heterocycles. The number of hydrogen-bond donors (Lipinski definition) is 2. The molecular formula is C16H26N2O6. The van der Waals surface area contributed by atoms with Gasteiger partial charge in [0.1, 0.15) is 12.1 Å². The van der Waals surface area contributed by atoms with Crippen molar-refractivity contribution >= 4 is 18.0 Å². The van der Waals surface area contributed by atoms with E-state index in [-0.39, 0.29) is 11.8 Å². The molecule has 2 fully saturated rings. The molecule has 24 heavy (non-hydrogen) atoms. The van der Waals surface area contributed by atoms with E-state index in [4.69, 9.17) is 4.74 Å². The lowest BCUT2D eigenvalue weighted by atomic mass is 9.86. The van der Waals surface area contributed by atoms with Crippen molar-refractivity contribution in [3.05, 3.63) is 0 Å². The number of methoxy groups -OCH3 is 1. The smallest absolute Gasteiger partial charge is 0.407 e. The minimum atomic E-state index is -1.01. The molecule has 0 saturated carbocycles. The van der Waals surface area contributed by atoms with Crippen LogP contribution in [0.5, 0.6) is 0 Å². The average molecular weight is 342 g/mol. The van der Waals surface area contributed by atoms with E-state index < -0.39 is 29.7 Å². The molecule has 8 nitrogen and oxygen atoms in total. The van der Waals surface area contributed by atoms with E-state index in [1.54, 1.807) is 13.8 Å². The Hall–Kier alpha value is -1.83. The number of carboxylic acid groups (broad SMARTS) is 1. The van der Waals surface area contributed by atoms with E-state index in [1.807, 2.05) is 0 Å². The topological polar surface area (TPSA) is 105 Å². The second-order valence-corrected chi connectivity index (χ2v) is 6.80. The molecule has 0 aromatic carbocycles. The molecule has 0 radical (unpaired) electrons. The number of likely N-dealkylation sites (tertiary alicyclic amines) is 1. The van der Waals surface area contributed by atoms with Crippen molar-refractivity contribution in [2.75, 3.05) is 20.3 Å². The number of carboxylic acids is 1. The molecular weight excluding hydrogens is 316 g/mol. The molecule has 0 bridgehead atoms. The molecule has 8 heteroatoms. The lowest BCUT2D eigenvalue weighted by Crippen LogP contribution is -2.61. The Bertz CT molecular complexity index is 501. The number of carbonyl (C=O) groups excluding carboxylic acids is 2. The van der Waals surface area contributed by atoms with Gasteiger partial charge in [-0.25, -0.2) is 9.59 Å². The van der Waals surface area contributed by atoms with Gasteiger partial charge in [0, 0.05) is 18.8 Å². The number of rotatable bonds is 4. The molecule has 1 spiro atoms. The maximum Gasteiger partial charge on any atom is 0.407 e. The van der Waals surface area contributed by atoms with Crippen LogP contribution in [0.15, 0.2) is 0 Å². The molecule has 2 atom stereocenters. The molecule has 2 unspecified atom stereocenters. The van der Waals surface area contributed by atoms with E-state index in [0.29, 0.717) is 38.9 Å². The highest BCUT2D eigenvalue weighted by molar-refractivity contribution is 5.90. The van der Waals surface area contributed by atoms with Gasteiger partial charge in [0.15, 0.2) is 0 Å². The normalized spacial score (nSPS) is 24.0. The van der Waals surface area contributed by atoms with Gasteiger partial charge in [0.25, 0.3) is 0 Å². The van der Waals surface area contributed by atoms with Gasteiger partial charge in [-0.05, 0) is 31.6 Å². The van der Waals surface area contributed by atoms with Crippen molar-refractivity contribution < 1.29 is 29.0 Å². The molecule has 2 aliphatic heterocycles. The third-order valence-corrected chi connectivity index (χ3v) is 5.04. The van der Waals surface area contributed by atoms with Crippen molar-refractivity contribution in [1.82, 2.24) is 10.2 Å². The molecule has 136 valence electrons. The minimum Gasteiger partial charge on any atom is -0.480 e. The summed E-state index contributed by atoms with van der Waals surface area (Å²) in [5, 5.41) is 12.1. The Kier molecular flexibility index (Phi) is 5.69. The van der Waals surface area contributed by atoms with Crippen LogP contribution in [0.25, 0.3) is 0 Å². The molecule has 0 aliphatic carbocycles. The summed E-state index contributed by atoms with van der Waals surface area (Å²) >= 11 is 0. The molecule has 2 N–H and O–H groups in total. The first-order valence-corrected chi connectivity index (χ1v) is 8.30. The number of aliphatic carboxylic acids is 1. The van der Waals surface area contributed by atoms with Crippen LogP contribution >= 0.6 is 0 Å². The maximum absolute atomic E-state index is 13.2. The lowest BCUT2D eigenvalue weighted by Gasteiger charge is -2.44. The van der Waals surface area contributed by atoms with E-state index in [2.05, 4.69) is 10.1 Å². The van der Waals surface area contributed by atoms with Gasteiger partial charge in [-0.1, -0.05) is 13.8 Å². The van der Waals surface area contributed by atoms with Crippen LogP contribution in [-0.2, 0) is 19.1 Å². The van der Waals surface area contributed by atoms with Crippen LogP contribution in [-0.4, -0.2) is 65.9 Å². The summed E-state index contributed by atoms with van der Waals surface area (Å²) in [5.74, 6) is -1.56. The first-order valence-electron chi connectivity index (χ1n) is 8.30. The standard InChI is InChI=1S/C16H26N2O6/c1-10(2)12(17-15(22)23-3)13(19)18-11(14(20)21)4-5-16(18)6-8-24-9-7-16/h10-12H,4-9H2,1-3H3,(H,17,22)(H,20,21). The zero-order valence-corrected chi connectivity index (χ0v) is 14.4. The van der Waals surface area contributed by atoms with Gasteiger partial charge in [-0.3, -0.25) is 4.79 Å². The number of amides is 2. The highest BCUT2D eigenvalue weighted by Gasteiger charge is 2.53. The Morgan fingerprint density at radius 3 is 2.38 bits per heavy atom. The lowest BCUT2D eigenvalue weighted by molar-refractivity contribution is -0.156. The monoisotopic (exact) mass is 342 g/mol. The third kappa shape index (κ3) is 3.48. The van der Waals surface area contributed by atoms with Gasteiger partial charge in [-0.15, -0.1) is 0 Å². The minimum absolute atomic E-state index is 0.191. The van der Waals surface area contributed by atoms with Crippen molar-refractivity contribution in [2.45, 2.75) is 57.2 Å². The average Bonchev–Trinajstić information content (AvgIpc) is 2.91. The summed E-state index contributed by atoms with van der Waals surface area (Å²) in [6.45, 7) is 4.63. The zero-order valence-electron chi connectivity index (χ0n) is 14.4. The molecule has 2 aliphatic rings. The van der Waals surface area contributed by atoms with E-state index in [9.17, 15) is 19.5 Å². The van der Waals surface area contributed by atoms with Gasteiger partial charge >= 0.3 is 12.1 Å². The zero-order chi connectivity index (χ0) is 17.9. The second-order valence-electron chi connectivity index (χ2n) is 6.80. The van der Waals surface area contributed by atoms with Crippen LogP contribution in [0.1, 0.15) is 39.5 Å². The molecule has 2 saturated heterocycles. The van der Waals surface area contributed by atoms with Gasteiger partial charge in [-0.2, -0.15) is 0 Å². The number of nitrogens with one attached hydrogen (secondary N) is 1. The third-order valence-electron chi connectivity index (χ3n) is 5.04. The fourth-order valence-corrected chi connectivity index (χ4v) is 3.70. The summed E-state index contributed by atoms with van der Waals surface area (Å²) in [7, 11) is 1.23. The van der Waals surface area contributed by atoms with E-state index >= 15 is 0 Å². The predicted molar refractivity (Wildman–Crippen MR) is 84.5 cm³/mol. The van der Waals surface area contributed by atoms with E-state index in [0.717, 1.165) is 0 Å². The summed E-state index contributed by atoms with van der Waals surface area (Å²) < 4.78 is 9.99. The Morgan fingerprint density at radius 2 is 1.88 bits per heavy atom. The maximum atomic E-state index is 13.2. The summed E-state index contributed by atoms with van der Waals surface area (Å²) in [5.41, 5.74) is -0.497. The number of ether oxygens (including phenoxy) is 2. The van der Waals surface area contributed by atoms with Crippen molar-refractivity contribution in [3.63, 3.8) is 0 Å². The number of carbonyl (C=O) groups is 3. The molecule has 2 rings (SSSR count). The van der Waals surface area contributed by atoms with Crippen LogP contribution in [0, 0.1) is 5.92 Å². The highest BCUT2D eigenvalue weighted by atomic mass is 16.5. The van der Waals surface area contributed by atoms with Gasteiger partial charge < -0.3 is 24.8 Å². The van der Waals surface area contributed by atoms with Crippen molar-refractivity contribution in [1.29, 1.82) is 0 Å². The van der Waals surface area contributed by atoms with Gasteiger partial charge in [0.2, 0.25) is 5.91 Å². The number of nitrogens with zero attached hydrogens (tertiary/aromatic N) is 1. The molecule has 2 amide bonds. The Balaban J connectivity index is 2.31. The Morgan fingerprint density at radius 1 is 1.25 bits per heavy atom. The fourth-order valence-electron chi connectivity index (χ4n) is 3.70. The SMILES string of the molecule is COC(=O)NC(C(=O)N1C(C(=O)O)CCC12CCOCC2)C(C)C. The summed E-state index contributed by atoms with van der Waals surface area (Å²) in [6, 6.07) is -1.69. The van der Waals surface area contributed by atoms with Crippen LogP contribution < -0.4 is 5.32 Å². The summed E-state index contributed by atoms with van der Waals surface area (Å²) in [4.78, 5) is 37.9. The van der Waals surface area contributed by atoms with Crippen molar-refractivity contribution in [2.24, 2.45) is 5.92 Å². The molecule has 0 aromatic rings. The first-order chi connectivity index (χ1) is 11.3. The number of hydrogen-bond acceptors (Lipinski definition) is 5. The van der Waals surface area contributed by atoms with Crippen LogP contribution in [0.4, 0.5) is 4.79 Å². The highest BCUT2D eigenvalue weighted by Crippen LogP contribution is 2.42. The Labute approximate surface area is 141 Å². The molecule has 0 aromatic heterocycles. The first kappa shape index (κ1) is 18.5. The van der Waals surface area contributed by atoms with Crippen molar-refractivity contribution in [3.8, 4) is 0 Å². The second kappa shape index (κ2) is 7.38. The quantitative estimate of drug-likeness (QED) is 0.789. The summed E-state index contributed by atoms with van der Waals surface area (Å²) in [6.07, 6.45) is 1.60. The van der Waals surface area contributed by atoms with Crippen LogP contribution in [0.3, 0.4) is 0 Å². The van der Waals surface area contributed by atoms with E-state index in [1.165, 1.54) is 12.0 Å². The number of alkyl carbamates (subject to hydrolysis) is 1. The fraction of sp³-hybridized carbons (Fsp3) is 0.812. The van der Waals surface area contributed by atoms with Crippen LogP contribution in [0.2, 0.25) is 0 Å².